The molecular weight excluding hydrogens is 451 g/mol. The van der Waals surface area contributed by atoms with Crippen LogP contribution in [0.4, 0.5) is 10.1 Å². The number of anilines is 1. The molecule has 0 saturated heterocycles. The number of nitrogens with zero attached hydrogens (tertiary/aromatic N) is 4. The van der Waals surface area contributed by atoms with Crippen LogP contribution in [0.1, 0.15) is 18.7 Å². The Balaban J connectivity index is 1.56. The standard InChI is InChI=1S/C22H25FN4O5S/c1-26(15-20-24-22(25-32-20)16-10-12-17(31-2)13-11-16)21(28)9-6-14-27(33(3,29)30)19-8-5-4-7-18(19)23/h4-5,7-8,10-13H,6,9,14-15H2,1-3H3. The normalized spacial score (nSPS) is 11.3. The molecule has 0 aliphatic rings. The highest BCUT2D eigenvalue weighted by atomic mass is 32.2. The number of rotatable bonds is 10. The minimum atomic E-state index is -3.71. The van der Waals surface area contributed by atoms with E-state index in [0.717, 1.165) is 16.1 Å². The molecule has 0 unspecified atom stereocenters. The Morgan fingerprint density at radius 1 is 1.15 bits per heavy atom. The van der Waals surface area contributed by atoms with Crippen LogP contribution in [0, 0.1) is 5.82 Å². The molecule has 0 aliphatic heterocycles. The van der Waals surface area contributed by atoms with E-state index in [4.69, 9.17) is 9.26 Å². The van der Waals surface area contributed by atoms with Crippen molar-refractivity contribution in [3.05, 3.63) is 60.2 Å². The van der Waals surface area contributed by atoms with Crippen molar-refractivity contribution >= 4 is 21.6 Å². The molecule has 176 valence electrons. The fourth-order valence-corrected chi connectivity index (χ4v) is 4.12. The average molecular weight is 477 g/mol. The summed E-state index contributed by atoms with van der Waals surface area (Å²) in [6, 6.07) is 12.8. The van der Waals surface area contributed by atoms with E-state index < -0.39 is 15.8 Å². The second kappa shape index (κ2) is 10.4. The van der Waals surface area contributed by atoms with Gasteiger partial charge in [-0.1, -0.05) is 17.3 Å². The van der Waals surface area contributed by atoms with Gasteiger partial charge in [0.1, 0.15) is 11.6 Å². The third-order valence-electron chi connectivity index (χ3n) is 4.89. The topological polar surface area (TPSA) is 106 Å². The van der Waals surface area contributed by atoms with Crippen molar-refractivity contribution in [3.8, 4) is 17.1 Å². The van der Waals surface area contributed by atoms with E-state index in [-0.39, 0.29) is 43.4 Å². The van der Waals surface area contributed by atoms with Crippen LogP contribution in [0.15, 0.2) is 53.1 Å². The van der Waals surface area contributed by atoms with Gasteiger partial charge in [0, 0.05) is 25.6 Å². The Morgan fingerprint density at radius 3 is 2.48 bits per heavy atom. The largest absolute Gasteiger partial charge is 0.497 e. The second-order valence-electron chi connectivity index (χ2n) is 7.38. The van der Waals surface area contributed by atoms with Gasteiger partial charge in [0.2, 0.25) is 27.6 Å². The summed E-state index contributed by atoms with van der Waals surface area (Å²) in [5, 5.41) is 3.93. The van der Waals surface area contributed by atoms with E-state index in [1.54, 1.807) is 44.5 Å². The molecule has 3 aromatic rings. The van der Waals surface area contributed by atoms with Crippen molar-refractivity contribution < 1.29 is 26.9 Å². The third kappa shape index (κ3) is 6.28. The van der Waals surface area contributed by atoms with Gasteiger partial charge in [-0.15, -0.1) is 0 Å². The SMILES string of the molecule is COc1ccc(-c2noc(CN(C)C(=O)CCCN(c3ccccc3F)S(C)(=O)=O)n2)cc1. The Bertz CT molecular complexity index is 1200. The number of carbonyl (C=O) groups excluding carboxylic acids is 1. The molecule has 2 aromatic carbocycles. The molecule has 33 heavy (non-hydrogen) atoms. The number of amides is 1. The number of halogens is 1. The maximum Gasteiger partial charge on any atom is 0.246 e. The zero-order valence-corrected chi connectivity index (χ0v) is 19.4. The highest BCUT2D eigenvalue weighted by molar-refractivity contribution is 7.92. The molecule has 0 fully saturated rings. The molecule has 0 radical (unpaired) electrons. The molecule has 3 rings (SSSR count). The van der Waals surface area contributed by atoms with E-state index in [0.29, 0.717) is 11.6 Å². The Hall–Kier alpha value is -3.47. The summed E-state index contributed by atoms with van der Waals surface area (Å²) in [7, 11) is -0.544. The number of carbonyl (C=O) groups is 1. The van der Waals surface area contributed by atoms with Crippen LogP contribution in [0.5, 0.6) is 5.75 Å². The fraction of sp³-hybridized carbons (Fsp3) is 0.318. The van der Waals surface area contributed by atoms with Crippen LogP contribution in [-0.2, 0) is 21.4 Å². The number of para-hydroxylation sites is 1. The van der Waals surface area contributed by atoms with E-state index in [1.165, 1.54) is 23.1 Å². The van der Waals surface area contributed by atoms with Gasteiger partial charge in [-0.2, -0.15) is 4.98 Å². The number of aromatic nitrogens is 2. The first kappa shape index (κ1) is 24.2. The van der Waals surface area contributed by atoms with Gasteiger partial charge < -0.3 is 14.2 Å². The summed E-state index contributed by atoms with van der Waals surface area (Å²) in [6.45, 7) is 0.0760. The maximum absolute atomic E-state index is 14.1. The van der Waals surface area contributed by atoms with Gasteiger partial charge in [-0.25, -0.2) is 12.8 Å². The first-order chi connectivity index (χ1) is 15.7. The molecule has 1 aromatic heterocycles. The van der Waals surface area contributed by atoms with Gasteiger partial charge >= 0.3 is 0 Å². The first-order valence-corrected chi connectivity index (χ1v) is 12.0. The van der Waals surface area contributed by atoms with Gasteiger partial charge in [0.25, 0.3) is 0 Å². The first-order valence-electron chi connectivity index (χ1n) is 10.1. The maximum atomic E-state index is 14.1. The summed E-state index contributed by atoms with van der Waals surface area (Å²) in [5.41, 5.74) is 0.700. The minimum absolute atomic E-state index is 0.0263. The van der Waals surface area contributed by atoms with Crippen molar-refractivity contribution in [2.75, 3.05) is 31.3 Å². The molecule has 9 nitrogen and oxygen atoms in total. The summed E-state index contributed by atoms with van der Waals surface area (Å²) >= 11 is 0. The minimum Gasteiger partial charge on any atom is -0.497 e. The van der Waals surface area contributed by atoms with Crippen molar-refractivity contribution in [3.63, 3.8) is 0 Å². The monoisotopic (exact) mass is 476 g/mol. The quantitative estimate of drug-likeness (QED) is 0.443. The van der Waals surface area contributed by atoms with Crippen molar-refractivity contribution in [2.45, 2.75) is 19.4 Å². The summed E-state index contributed by atoms with van der Waals surface area (Å²) in [6.07, 6.45) is 1.28. The van der Waals surface area contributed by atoms with Crippen LogP contribution in [-0.4, -0.2) is 56.3 Å². The third-order valence-corrected chi connectivity index (χ3v) is 6.07. The lowest BCUT2D eigenvalue weighted by Gasteiger charge is -2.23. The predicted molar refractivity (Wildman–Crippen MR) is 121 cm³/mol. The number of hydrogen-bond acceptors (Lipinski definition) is 7. The molecule has 0 atom stereocenters. The van der Waals surface area contributed by atoms with Crippen molar-refractivity contribution in [1.82, 2.24) is 15.0 Å². The van der Waals surface area contributed by atoms with E-state index >= 15 is 0 Å². The van der Waals surface area contributed by atoms with Gasteiger partial charge in [-0.05, 0) is 42.8 Å². The van der Waals surface area contributed by atoms with Crippen LogP contribution < -0.4 is 9.04 Å². The molecule has 1 heterocycles. The zero-order chi connectivity index (χ0) is 24.0. The summed E-state index contributed by atoms with van der Waals surface area (Å²) < 4.78 is 49.6. The van der Waals surface area contributed by atoms with Crippen LogP contribution >= 0.6 is 0 Å². The molecule has 0 bridgehead atoms. The number of sulfonamides is 1. The smallest absolute Gasteiger partial charge is 0.246 e. The number of ether oxygens (including phenoxy) is 1. The second-order valence-corrected chi connectivity index (χ2v) is 9.29. The highest BCUT2D eigenvalue weighted by Gasteiger charge is 2.21. The van der Waals surface area contributed by atoms with Gasteiger partial charge in [0.15, 0.2) is 0 Å². The van der Waals surface area contributed by atoms with E-state index in [9.17, 15) is 17.6 Å². The molecule has 0 aliphatic carbocycles. The van der Waals surface area contributed by atoms with Crippen molar-refractivity contribution in [2.24, 2.45) is 0 Å². The van der Waals surface area contributed by atoms with E-state index in [1.807, 2.05) is 0 Å². The lowest BCUT2D eigenvalue weighted by molar-refractivity contribution is -0.130. The summed E-state index contributed by atoms with van der Waals surface area (Å²) in [5.74, 6) is 0.483. The lowest BCUT2D eigenvalue weighted by Crippen LogP contribution is -2.33. The Kier molecular flexibility index (Phi) is 7.64. The molecule has 11 heteroatoms. The molecule has 0 N–H and O–H groups in total. The number of hydrogen-bond donors (Lipinski definition) is 0. The average Bonchev–Trinajstić information content (AvgIpc) is 3.25. The molecule has 0 saturated carbocycles. The zero-order valence-electron chi connectivity index (χ0n) is 18.6. The number of methoxy groups -OCH3 is 1. The Morgan fingerprint density at radius 2 is 1.85 bits per heavy atom. The molecule has 1 amide bonds. The summed E-state index contributed by atoms with van der Waals surface area (Å²) in [4.78, 5) is 18.2. The van der Waals surface area contributed by atoms with Gasteiger partial charge in [-0.3, -0.25) is 9.10 Å². The Labute approximate surface area is 191 Å². The van der Waals surface area contributed by atoms with Crippen LogP contribution in [0.25, 0.3) is 11.4 Å². The van der Waals surface area contributed by atoms with Crippen LogP contribution in [0.3, 0.4) is 0 Å². The van der Waals surface area contributed by atoms with Crippen LogP contribution in [0.2, 0.25) is 0 Å². The lowest BCUT2D eigenvalue weighted by atomic mass is 10.2. The number of benzene rings is 2. The van der Waals surface area contributed by atoms with Crippen molar-refractivity contribution in [1.29, 1.82) is 0 Å². The predicted octanol–water partition coefficient (Wildman–Crippen LogP) is 3.09. The highest BCUT2D eigenvalue weighted by Crippen LogP contribution is 2.22. The fourth-order valence-electron chi connectivity index (χ4n) is 3.15. The molecular formula is C22H25FN4O5S. The van der Waals surface area contributed by atoms with E-state index in [2.05, 4.69) is 10.1 Å². The molecule has 0 spiro atoms. The van der Waals surface area contributed by atoms with Gasteiger partial charge in [0.05, 0.1) is 25.6 Å².